The third-order valence-electron chi connectivity index (χ3n) is 5.61. The fourth-order valence-electron chi connectivity index (χ4n) is 3.77. The minimum Gasteiger partial charge on any atom is -0.497 e. The first kappa shape index (κ1) is 21.0. The van der Waals surface area contributed by atoms with E-state index in [4.69, 9.17) is 14.2 Å². The summed E-state index contributed by atoms with van der Waals surface area (Å²) < 4.78 is 15.8. The highest BCUT2D eigenvalue weighted by atomic mass is 16.7. The number of carbonyl (C=O) groups is 2. The smallest absolute Gasteiger partial charge is 0.234 e. The number of benzene rings is 2. The highest BCUT2D eigenvalue weighted by Crippen LogP contribution is 2.34. The summed E-state index contributed by atoms with van der Waals surface area (Å²) in [6, 6.07) is 13.0. The van der Waals surface area contributed by atoms with Crippen molar-refractivity contribution in [3.05, 3.63) is 48.0 Å². The van der Waals surface area contributed by atoms with Crippen LogP contribution in [0.3, 0.4) is 0 Å². The number of carbonyl (C=O) groups excluding carboxylic acids is 2. The number of ether oxygens (including phenoxy) is 3. The van der Waals surface area contributed by atoms with Gasteiger partial charge in [-0.2, -0.15) is 0 Å². The molecule has 2 heterocycles. The van der Waals surface area contributed by atoms with Gasteiger partial charge in [0.15, 0.2) is 11.5 Å². The maximum Gasteiger partial charge on any atom is 0.234 e. The zero-order valence-corrected chi connectivity index (χ0v) is 17.6. The van der Waals surface area contributed by atoms with Gasteiger partial charge in [0.1, 0.15) is 5.75 Å². The van der Waals surface area contributed by atoms with Crippen LogP contribution in [0, 0.1) is 5.92 Å². The minimum absolute atomic E-state index is 0.00229. The molecule has 2 amide bonds. The number of rotatable bonds is 7. The van der Waals surface area contributed by atoms with Crippen molar-refractivity contribution in [1.29, 1.82) is 0 Å². The molecule has 2 aliphatic heterocycles. The molecular weight excluding hydrogens is 398 g/mol. The second kappa shape index (κ2) is 9.70. The van der Waals surface area contributed by atoms with Gasteiger partial charge in [0, 0.05) is 24.2 Å². The number of anilines is 1. The second-order valence-corrected chi connectivity index (χ2v) is 7.73. The van der Waals surface area contributed by atoms with E-state index in [0.717, 1.165) is 37.2 Å². The molecule has 4 rings (SSSR count). The first-order valence-corrected chi connectivity index (χ1v) is 10.4. The van der Waals surface area contributed by atoms with E-state index in [0.29, 0.717) is 30.3 Å². The molecule has 0 atom stereocenters. The normalized spacial score (nSPS) is 16.0. The maximum absolute atomic E-state index is 12.6. The monoisotopic (exact) mass is 425 g/mol. The number of piperidine rings is 1. The number of nitrogens with zero attached hydrogens (tertiary/aromatic N) is 1. The van der Waals surface area contributed by atoms with E-state index in [1.807, 2.05) is 30.3 Å². The Balaban J connectivity index is 1.18. The topological polar surface area (TPSA) is 89.1 Å². The summed E-state index contributed by atoms with van der Waals surface area (Å²) in [7, 11) is 1.63. The van der Waals surface area contributed by atoms with Gasteiger partial charge in [-0.1, -0.05) is 12.1 Å². The van der Waals surface area contributed by atoms with Crippen LogP contribution in [-0.2, 0) is 16.1 Å². The molecule has 31 heavy (non-hydrogen) atoms. The fourth-order valence-corrected chi connectivity index (χ4v) is 3.77. The lowest BCUT2D eigenvalue weighted by Gasteiger charge is -2.30. The summed E-state index contributed by atoms with van der Waals surface area (Å²) in [4.78, 5) is 27.0. The largest absolute Gasteiger partial charge is 0.497 e. The molecule has 2 N–H and O–H groups in total. The van der Waals surface area contributed by atoms with Crippen molar-refractivity contribution < 1.29 is 23.8 Å². The predicted octanol–water partition coefficient (Wildman–Crippen LogP) is 2.39. The van der Waals surface area contributed by atoms with Gasteiger partial charge in [-0.05, 0) is 55.8 Å². The van der Waals surface area contributed by atoms with E-state index in [1.165, 1.54) is 0 Å². The molecule has 2 aromatic carbocycles. The first-order valence-electron chi connectivity index (χ1n) is 10.4. The average molecular weight is 425 g/mol. The van der Waals surface area contributed by atoms with Gasteiger partial charge in [0.2, 0.25) is 18.6 Å². The van der Waals surface area contributed by atoms with Crippen LogP contribution in [-0.4, -0.2) is 50.3 Å². The zero-order chi connectivity index (χ0) is 21.6. The molecule has 0 bridgehead atoms. The molecule has 0 aliphatic carbocycles. The number of nitrogens with one attached hydrogen (secondary N) is 2. The molecule has 0 radical (unpaired) electrons. The summed E-state index contributed by atoms with van der Waals surface area (Å²) in [6.07, 6.45) is 1.45. The van der Waals surface area contributed by atoms with Crippen molar-refractivity contribution in [3.63, 3.8) is 0 Å². The lowest BCUT2D eigenvalue weighted by molar-refractivity contribution is -0.123. The molecule has 164 valence electrons. The van der Waals surface area contributed by atoms with Crippen molar-refractivity contribution in [2.24, 2.45) is 5.92 Å². The molecule has 1 saturated heterocycles. The predicted molar refractivity (Wildman–Crippen MR) is 115 cm³/mol. The highest BCUT2D eigenvalue weighted by molar-refractivity contribution is 5.93. The van der Waals surface area contributed by atoms with E-state index in [9.17, 15) is 9.59 Å². The summed E-state index contributed by atoms with van der Waals surface area (Å²) in [6.45, 7) is 2.47. The SMILES string of the molecule is COc1ccc(CNC(=O)CN2CCC(C(=O)Nc3ccc4c(c3)OCO4)CC2)cc1. The lowest BCUT2D eigenvalue weighted by atomic mass is 9.95. The molecule has 0 saturated carbocycles. The molecule has 0 spiro atoms. The van der Waals surface area contributed by atoms with Crippen LogP contribution >= 0.6 is 0 Å². The molecule has 0 aromatic heterocycles. The Morgan fingerprint density at radius 2 is 1.81 bits per heavy atom. The Bertz CT molecular complexity index is 923. The van der Waals surface area contributed by atoms with Crippen LogP contribution in [0.15, 0.2) is 42.5 Å². The molecule has 0 unspecified atom stereocenters. The molecule has 8 nitrogen and oxygen atoms in total. The Hall–Kier alpha value is -3.26. The van der Waals surface area contributed by atoms with Gasteiger partial charge in [-0.25, -0.2) is 0 Å². The van der Waals surface area contributed by atoms with E-state index in [-0.39, 0.29) is 24.5 Å². The third-order valence-corrected chi connectivity index (χ3v) is 5.61. The zero-order valence-electron chi connectivity index (χ0n) is 17.6. The van der Waals surface area contributed by atoms with E-state index in [2.05, 4.69) is 15.5 Å². The van der Waals surface area contributed by atoms with Gasteiger partial charge in [0.05, 0.1) is 13.7 Å². The second-order valence-electron chi connectivity index (χ2n) is 7.73. The first-order chi connectivity index (χ1) is 15.1. The Labute approximate surface area is 181 Å². The quantitative estimate of drug-likeness (QED) is 0.708. The summed E-state index contributed by atoms with van der Waals surface area (Å²) >= 11 is 0. The van der Waals surface area contributed by atoms with Crippen LogP contribution in [0.5, 0.6) is 17.2 Å². The highest BCUT2D eigenvalue weighted by Gasteiger charge is 2.26. The molecule has 8 heteroatoms. The van der Waals surface area contributed by atoms with Gasteiger partial charge in [-0.15, -0.1) is 0 Å². The number of hydrogen-bond donors (Lipinski definition) is 2. The standard InChI is InChI=1S/C23H27N3O5/c1-29-19-5-2-16(3-6-19)13-24-22(27)14-26-10-8-17(9-11-26)23(28)25-18-4-7-20-21(12-18)31-15-30-20/h2-7,12,17H,8-11,13-15H2,1H3,(H,24,27)(H,25,28). The van der Waals surface area contributed by atoms with E-state index >= 15 is 0 Å². The summed E-state index contributed by atoms with van der Waals surface area (Å²) in [5, 5.41) is 5.91. The Morgan fingerprint density at radius 1 is 1.06 bits per heavy atom. The molecular formula is C23H27N3O5. The lowest BCUT2D eigenvalue weighted by Crippen LogP contribution is -2.43. The molecule has 2 aromatic rings. The molecule has 2 aliphatic rings. The van der Waals surface area contributed by atoms with Crippen LogP contribution in [0.1, 0.15) is 18.4 Å². The number of likely N-dealkylation sites (tertiary alicyclic amines) is 1. The van der Waals surface area contributed by atoms with Crippen molar-refractivity contribution in [3.8, 4) is 17.2 Å². The summed E-state index contributed by atoms with van der Waals surface area (Å²) in [5.74, 6) is 2.05. The van der Waals surface area contributed by atoms with E-state index < -0.39 is 0 Å². The summed E-state index contributed by atoms with van der Waals surface area (Å²) in [5.41, 5.74) is 1.72. The van der Waals surface area contributed by atoms with Gasteiger partial charge < -0.3 is 24.8 Å². The van der Waals surface area contributed by atoms with Crippen LogP contribution in [0.4, 0.5) is 5.69 Å². The van der Waals surface area contributed by atoms with E-state index in [1.54, 1.807) is 19.2 Å². The number of hydrogen-bond acceptors (Lipinski definition) is 6. The Kier molecular flexibility index (Phi) is 6.57. The maximum atomic E-state index is 12.6. The fraction of sp³-hybridized carbons (Fsp3) is 0.391. The average Bonchev–Trinajstić information content (AvgIpc) is 3.26. The third kappa shape index (κ3) is 5.46. The Morgan fingerprint density at radius 3 is 2.55 bits per heavy atom. The van der Waals surface area contributed by atoms with Crippen molar-refractivity contribution in [2.75, 3.05) is 38.9 Å². The number of amides is 2. The van der Waals surface area contributed by atoms with Crippen molar-refractivity contribution in [1.82, 2.24) is 10.2 Å². The van der Waals surface area contributed by atoms with Crippen LogP contribution < -0.4 is 24.8 Å². The number of methoxy groups -OCH3 is 1. The van der Waals surface area contributed by atoms with Gasteiger partial charge in [0.25, 0.3) is 0 Å². The van der Waals surface area contributed by atoms with Crippen molar-refractivity contribution in [2.45, 2.75) is 19.4 Å². The van der Waals surface area contributed by atoms with Gasteiger partial charge in [-0.3, -0.25) is 14.5 Å². The van der Waals surface area contributed by atoms with Crippen LogP contribution in [0.25, 0.3) is 0 Å². The van der Waals surface area contributed by atoms with Crippen molar-refractivity contribution >= 4 is 17.5 Å². The van der Waals surface area contributed by atoms with Gasteiger partial charge >= 0.3 is 0 Å². The minimum atomic E-state index is -0.0657. The number of fused-ring (bicyclic) bond motifs is 1. The molecule has 1 fully saturated rings. The van der Waals surface area contributed by atoms with Crippen LogP contribution in [0.2, 0.25) is 0 Å².